The standard InChI is InChI=1S/C8H5F4NO2/c9-2-1-3(10)6(12)4(5(2)11)7(13)8(14)15/h1,7H,13H2,(H,14,15). The lowest BCUT2D eigenvalue weighted by Gasteiger charge is -2.10. The first-order valence-corrected chi connectivity index (χ1v) is 3.67. The van der Waals surface area contributed by atoms with Crippen molar-refractivity contribution in [3.05, 3.63) is 34.9 Å². The van der Waals surface area contributed by atoms with E-state index in [2.05, 4.69) is 0 Å². The Labute approximate surface area is 81.1 Å². The van der Waals surface area contributed by atoms with E-state index in [1.165, 1.54) is 0 Å². The van der Waals surface area contributed by atoms with Crippen LogP contribution < -0.4 is 5.73 Å². The predicted molar refractivity (Wildman–Crippen MR) is 40.8 cm³/mol. The summed E-state index contributed by atoms with van der Waals surface area (Å²) in [4.78, 5) is 10.3. The summed E-state index contributed by atoms with van der Waals surface area (Å²) in [6.45, 7) is 0. The molecule has 0 aliphatic heterocycles. The molecule has 0 bridgehead atoms. The minimum atomic E-state index is -2.16. The van der Waals surface area contributed by atoms with E-state index in [4.69, 9.17) is 10.8 Å². The maximum atomic E-state index is 12.9. The summed E-state index contributed by atoms with van der Waals surface area (Å²) in [6, 6.07) is -2.18. The molecule has 0 aliphatic carbocycles. The van der Waals surface area contributed by atoms with Crippen molar-refractivity contribution in [2.75, 3.05) is 0 Å². The Balaban J connectivity index is 3.45. The summed E-state index contributed by atoms with van der Waals surface area (Å²) in [5, 5.41) is 8.36. The van der Waals surface area contributed by atoms with Crippen LogP contribution in [0.4, 0.5) is 17.6 Å². The van der Waals surface area contributed by atoms with E-state index in [0.29, 0.717) is 0 Å². The van der Waals surface area contributed by atoms with Crippen molar-refractivity contribution < 1.29 is 27.5 Å². The number of hydrogen-bond donors (Lipinski definition) is 2. The first kappa shape index (κ1) is 11.4. The smallest absolute Gasteiger partial charge is 0.325 e. The molecule has 0 saturated carbocycles. The number of rotatable bonds is 2. The lowest BCUT2D eigenvalue weighted by molar-refractivity contribution is -0.138. The molecule has 0 amide bonds. The Kier molecular flexibility index (Phi) is 2.94. The van der Waals surface area contributed by atoms with Gasteiger partial charge in [0.1, 0.15) is 6.04 Å². The van der Waals surface area contributed by atoms with Gasteiger partial charge in [-0.2, -0.15) is 0 Å². The molecule has 1 atom stereocenters. The van der Waals surface area contributed by atoms with E-state index < -0.39 is 40.8 Å². The van der Waals surface area contributed by atoms with Gasteiger partial charge in [0.2, 0.25) is 0 Å². The summed E-state index contributed by atoms with van der Waals surface area (Å²) < 4.78 is 51.1. The molecule has 0 saturated heterocycles. The molecule has 1 aromatic carbocycles. The van der Waals surface area contributed by atoms with Gasteiger partial charge in [0.15, 0.2) is 23.3 Å². The van der Waals surface area contributed by atoms with Gasteiger partial charge in [-0.15, -0.1) is 0 Å². The van der Waals surface area contributed by atoms with Gasteiger partial charge in [0.25, 0.3) is 0 Å². The Morgan fingerprint density at radius 1 is 1.20 bits per heavy atom. The number of benzene rings is 1. The number of halogens is 4. The van der Waals surface area contributed by atoms with Gasteiger partial charge in [0.05, 0.1) is 5.56 Å². The molecule has 0 aliphatic rings. The first-order chi connectivity index (χ1) is 6.86. The molecule has 0 spiro atoms. The summed E-state index contributed by atoms with van der Waals surface area (Å²) in [5.41, 5.74) is 3.53. The number of nitrogens with two attached hydrogens (primary N) is 1. The highest BCUT2D eigenvalue weighted by Gasteiger charge is 2.27. The molecule has 1 aromatic rings. The highest BCUT2D eigenvalue weighted by Crippen LogP contribution is 2.23. The lowest BCUT2D eigenvalue weighted by atomic mass is 10.1. The zero-order valence-electron chi connectivity index (χ0n) is 7.10. The molecule has 3 nitrogen and oxygen atoms in total. The van der Waals surface area contributed by atoms with Crippen LogP contribution in [0.1, 0.15) is 11.6 Å². The molecule has 0 fully saturated rings. The van der Waals surface area contributed by atoms with Gasteiger partial charge in [-0.05, 0) is 0 Å². The molecular formula is C8H5F4NO2. The highest BCUT2D eigenvalue weighted by molar-refractivity contribution is 5.75. The second-order valence-electron chi connectivity index (χ2n) is 2.70. The van der Waals surface area contributed by atoms with Gasteiger partial charge in [-0.1, -0.05) is 0 Å². The maximum absolute atomic E-state index is 12.9. The van der Waals surface area contributed by atoms with Gasteiger partial charge in [-0.25, -0.2) is 17.6 Å². The van der Waals surface area contributed by atoms with Crippen LogP contribution in [0.2, 0.25) is 0 Å². The van der Waals surface area contributed by atoms with Crippen molar-refractivity contribution in [2.45, 2.75) is 6.04 Å². The third kappa shape index (κ3) is 1.91. The van der Waals surface area contributed by atoms with Crippen LogP contribution in [0.25, 0.3) is 0 Å². The molecule has 0 aromatic heterocycles. The van der Waals surface area contributed by atoms with Crippen LogP contribution in [-0.4, -0.2) is 11.1 Å². The van der Waals surface area contributed by atoms with E-state index in [9.17, 15) is 22.4 Å². The molecular weight excluding hydrogens is 218 g/mol. The summed E-state index contributed by atoms with van der Waals surface area (Å²) >= 11 is 0. The fraction of sp³-hybridized carbons (Fsp3) is 0.125. The number of hydrogen-bond acceptors (Lipinski definition) is 2. The van der Waals surface area contributed by atoms with Crippen LogP contribution in [-0.2, 0) is 4.79 Å². The van der Waals surface area contributed by atoms with Crippen LogP contribution in [0, 0.1) is 23.3 Å². The molecule has 3 N–H and O–H groups in total. The van der Waals surface area contributed by atoms with E-state index >= 15 is 0 Å². The fourth-order valence-electron chi connectivity index (χ4n) is 0.988. The summed E-state index contributed by atoms with van der Waals surface area (Å²) in [5.74, 6) is -8.79. The Hall–Kier alpha value is -1.63. The van der Waals surface area contributed by atoms with E-state index in [0.717, 1.165) is 0 Å². The second kappa shape index (κ2) is 3.85. The average Bonchev–Trinajstić information content (AvgIpc) is 2.15. The number of carboxylic acids is 1. The van der Waals surface area contributed by atoms with Crippen LogP contribution in [0.15, 0.2) is 6.07 Å². The molecule has 7 heteroatoms. The maximum Gasteiger partial charge on any atom is 0.325 e. The van der Waals surface area contributed by atoms with Gasteiger partial charge < -0.3 is 10.8 Å². The van der Waals surface area contributed by atoms with Crippen molar-refractivity contribution in [1.82, 2.24) is 0 Å². The van der Waals surface area contributed by atoms with Crippen LogP contribution >= 0.6 is 0 Å². The van der Waals surface area contributed by atoms with Crippen molar-refractivity contribution in [2.24, 2.45) is 5.73 Å². The van der Waals surface area contributed by atoms with Crippen molar-refractivity contribution >= 4 is 5.97 Å². The Morgan fingerprint density at radius 2 is 1.60 bits per heavy atom. The fourth-order valence-corrected chi connectivity index (χ4v) is 0.988. The molecule has 1 unspecified atom stereocenters. The number of aliphatic carboxylic acids is 1. The zero-order valence-corrected chi connectivity index (χ0v) is 7.10. The highest BCUT2D eigenvalue weighted by atomic mass is 19.2. The Bertz CT molecular complexity index is 395. The molecule has 0 heterocycles. The minimum Gasteiger partial charge on any atom is -0.480 e. The SMILES string of the molecule is NC(C(=O)O)c1c(F)c(F)cc(F)c1F. The van der Waals surface area contributed by atoms with E-state index in [1.54, 1.807) is 0 Å². The first-order valence-electron chi connectivity index (χ1n) is 3.67. The molecule has 82 valence electrons. The Morgan fingerprint density at radius 3 is 1.93 bits per heavy atom. The van der Waals surface area contributed by atoms with Crippen molar-refractivity contribution in [3.8, 4) is 0 Å². The van der Waals surface area contributed by atoms with Crippen LogP contribution in [0.5, 0.6) is 0 Å². The largest absolute Gasteiger partial charge is 0.480 e. The van der Waals surface area contributed by atoms with Gasteiger partial charge in [-0.3, -0.25) is 4.79 Å². The topological polar surface area (TPSA) is 63.3 Å². The predicted octanol–water partition coefficient (Wildman–Crippen LogP) is 1.33. The number of carbonyl (C=O) groups is 1. The van der Waals surface area contributed by atoms with Gasteiger partial charge in [0, 0.05) is 6.07 Å². The van der Waals surface area contributed by atoms with Crippen LogP contribution in [0.3, 0.4) is 0 Å². The van der Waals surface area contributed by atoms with Crippen molar-refractivity contribution in [1.29, 1.82) is 0 Å². The zero-order chi connectivity index (χ0) is 11.7. The second-order valence-corrected chi connectivity index (χ2v) is 2.70. The van der Waals surface area contributed by atoms with Crippen molar-refractivity contribution in [3.63, 3.8) is 0 Å². The van der Waals surface area contributed by atoms with E-state index in [1.807, 2.05) is 0 Å². The monoisotopic (exact) mass is 223 g/mol. The minimum absolute atomic E-state index is 0.0251. The quantitative estimate of drug-likeness (QED) is 0.587. The molecule has 1 rings (SSSR count). The summed E-state index contributed by atoms with van der Waals surface area (Å²) in [7, 11) is 0. The molecule has 0 radical (unpaired) electrons. The molecule has 15 heavy (non-hydrogen) atoms. The van der Waals surface area contributed by atoms with Gasteiger partial charge >= 0.3 is 5.97 Å². The third-order valence-corrected chi connectivity index (χ3v) is 1.72. The summed E-state index contributed by atoms with van der Waals surface area (Å²) in [6.07, 6.45) is 0. The van der Waals surface area contributed by atoms with E-state index in [-0.39, 0.29) is 6.07 Å². The lowest BCUT2D eigenvalue weighted by Crippen LogP contribution is -2.24. The normalized spacial score (nSPS) is 12.6. The number of carboxylic acid groups (broad SMARTS) is 1. The average molecular weight is 223 g/mol. The third-order valence-electron chi connectivity index (χ3n) is 1.72.